The van der Waals surface area contributed by atoms with Crippen molar-refractivity contribution in [3.8, 4) is 11.6 Å². The maximum absolute atomic E-state index is 14.5. The quantitative estimate of drug-likeness (QED) is 0.486. The molecule has 0 atom stereocenters. The Morgan fingerprint density at radius 3 is 2.52 bits per heavy atom. The summed E-state index contributed by atoms with van der Waals surface area (Å²) in [6.07, 6.45) is 5.02. The lowest BCUT2D eigenvalue weighted by Gasteiger charge is -2.40. The zero-order valence-corrected chi connectivity index (χ0v) is 18.5. The van der Waals surface area contributed by atoms with Crippen molar-refractivity contribution < 1.29 is 27.1 Å². The molecule has 0 N–H and O–H groups in total. The first-order valence-corrected chi connectivity index (χ1v) is 12.1. The summed E-state index contributed by atoms with van der Waals surface area (Å²) in [4.78, 5) is 17.2. The largest absolute Gasteiger partial charge is 0.465 e. The van der Waals surface area contributed by atoms with Crippen LogP contribution in [0.25, 0.3) is 0 Å². The maximum atomic E-state index is 14.5. The summed E-state index contributed by atoms with van der Waals surface area (Å²) in [6, 6.07) is 6.12. The fraction of sp³-hybridized carbons (Fsp3) is 0.429. The average Bonchev–Trinajstić information content (AvgIpc) is 2.77. The molecule has 31 heavy (non-hydrogen) atoms. The smallest absolute Gasteiger partial charge is 0.337 e. The molecule has 1 fully saturated rings. The number of benzene rings is 1. The lowest BCUT2D eigenvalue weighted by atomic mass is 9.94. The zero-order chi connectivity index (χ0) is 22.2. The van der Waals surface area contributed by atoms with Gasteiger partial charge in [0.05, 0.1) is 18.4 Å². The molecule has 0 saturated heterocycles. The monoisotopic (exact) mass is 468 g/mol. The van der Waals surface area contributed by atoms with E-state index < -0.39 is 26.8 Å². The second-order valence-corrected chi connectivity index (χ2v) is 10.0. The Hall–Kier alpha value is -2.39. The summed E-state index contributed by atoms with van der Waals surface area (Å²) >= 11 is 6.10. The van der Waals surface area contributed by atoms with E-state index in [-0.39, 0.29) is 40.6 Å². The number of hydrogen-bond donors (Lipinski definition) is 0. The lowest BCUT2D eigenvalue weighted by molar-refractivity contribution is 0.0600. The van der Waals surface area contributed by atoms with Gasteiger partial charge < -0.3 is 14.4 Å². The molecular formula is C21H22ClFN2O5S. The molecule has 166 valence electrons. The van der Waals surface area contributed by atoms with Crippen molar-refractivity contribution in [2.24, 2.45) is 0 Å². The SMILES string of the molecule is COC(=O)c1ccc(Oc2nc(F)c(Cl)c3c2N(C2CCCCC2)CCS3(=O)=O)cc1. The zero-order valence-electron chi connectivity index (χ0n) is 16.9. The molecule has 0 spiro atoms. The van der Waals surface area contributed by atoms with Crippen LogP contribution in [0.15, 0.2) is 29.2 Å². The first-order valence-electron chi connectivity index (χ1n) is 10.1. The number of methoxy groups -OCH3 is 1. The number of fused-ring (bicyclic) bond motifs is 1. The van der Waals surface area contributed by atoms with E-state index in [4.69, 9.17) is 16.3 Å². The average molecular weight is 469 g/mol. The van der Waals surface area contributed by atoms with E-state index in [1.54, 1.807) is 0 Å². The molecule has 2 aliphatic rings. The number of anilines is 1. The summed E-state index contributed by atoms with van der Waals surface area (Å²) in [5.74, 6) is -1.63. The molecule has 1 aliphatic heterocycles. The number of hydrogen-bond acceptors (Lipinski definition) is 7. The van der Waals surface area contributed by atoms with E-state index in [2.05, 4.69) is 9.72 Å². The number of halogens is 2. The molecule has 2 aromatic rings. The second-order valence-electron chi connectivity index (χ2n) is 7.62. The molecule has 0 unspecified atom stereocenters. The number of aromatic nitrogens is 1. The van der Waals surface area contributed by atoms with Crippen LogP contribution in [0.5, 0.6) is 11.6 Å². The predicted molar refractivity (Wildman–Crippen MR) is 113 cm³/mol. The van der Waals surface area contributed by atoms with Crippen molar-refractivity contribution in [2.75, 3.05) is 24.3 Å². The molecule has 1 saturated carbocycles. The van der Waals surface area contributed by atoms with Crippen LogP contribution < -0.4 is 9.64 Å². The second kappa shape index (κ2) is 8.63. The Morgan fingerprint density at radius 2 is 1.87 bits per heavy atom. The van der Waals surface area contributed by atoms with Crippen molar-refractivity contribution >= 4 is 33.1 Å². The number of rotatable bonds is 4. The van der Waals surface area contributed by atoms with Crippen molar-refractivity contribution in [3.63, 3.8) is 0 Å². The normalized spacial score (nSPS) is 18.4. The van der Waals surface area contributed by atoms with Crippen LogP contribution in [0.3, 0.4) is 0 Å². The number of carbonyl (C=O) groups is 1. The van der Waals surface area contributed by atoms with E-state index >= 15 is 0 Å². The van der Waals surface area contributed by atoms with Gasteiger partial charge in [-0.3, -0.25) is 0 Å². The molecule has 0 radical (unpaired) electrons. The number of ether oxygens (including phenoxy) is 2. The standard InChI is InChI=1S/C21H22ClFN2O5S/c1-29-21(26)13-7-9-15(10-8-13)30-20-17-18(16(22)19(23)24-20)31(27,28)12-11-25(17)14-5-3-2-4-6-14/h7-10,14H,2-6,11-12H2,1H3. The van der Waals surface area contributed by atoms with Crippen LogP contribution in [-0.4, -0.2) is 44.8 Å². The highest BCUT2D eigenvalue weighted by Gasteiger charge is 2.39. The van der Waals surface area contributed by atoms with Gasteiger partial charge in [0.25, 0.3) is 0 Å². The van der Waals surface area contributed by atoms with Crippen molar-refractivity contribution in [3.05, 3.63) is 40.8 Å². The van der Waals surface area contributed by atoms with Gasteiger partial charge in [-0.15, -0.1) is 0 Å². The Kier molecular flexibility index (Phi) is 6.07. The summed E-state index contributed by atoms with van der Waals surface area (Å²) in [5, 5.41) is -0.510. The van der Waals surface area contributed by atoms with E-state index in [0.717, 1.165) is 32.1 Å². The maximum Gasteiger partial charge on any atom is 0.337 e. The number of pyridine rings is 1. The van der Waals surface area contributed by atoms with Gasteiger partial charge in [0, 0.05) is 12.6 Å². The molecule has 1 aromatic heterocycles. The molecule has 0 bridgehead atoms. The summed E-state index contributed by atoms with van der Waals surface area (Å²) in [6.45, 7) is 0.265. The van der Waals surface area contributed by atoms with Crippen molar-refractivity contribution in [2.45, 2.75) is 43.0 Å². The molecule has 10 heteroatoms. The molecule has 4 rings (SSSR count). The Morgan fingerprint density at radius 1 is 1.19 bits per heavy atom. The van der Waals surface area contributed by atoms with Crippen molar-refractivity contribution in [1.29, 1.82) is 0 Å². The number of carbonyl (C=O) groups excluding carboxylic acids is 1. The van der Waals surface area contributed by atoms with Crippen LogP contribution in [0.4, 0.5) is 10.1 Å². The van der Waals surface area contributed by atoms with Crippen LogP contribution in [0, 0.1) is 5.95 Å². The Bertz CT molecular complexity index is 1100. The molecular weight excluding hydrogens is 447 g/mol. The van der Waals surface area contributed by atoms with Gasteiger partial charge >= 0.3 is 5.97 Å². The molecule has 0 amide bonds. The van der Waals surface area contributed by atoms with Gasteiger partial charge in [0.2, 0.25) is 11.8 Å². The highest BCUT2D eigenvalue weighted by atomic mass is 35.5. The van der Waals surface area contributed by atoms with Gasteiger partial charge in [-0.25, -0.2) is 13.2 Å². The number of nitrogens with zero attached hydrogens (tertiary/aromatic N) is 2. The van der Waals surface area contributed by atoms with Gasteiger partial charge in [-0.2, -0.15) is 9.37 Å². The van der Waals surface area contributed by atoms with Gasteiger partial charge in [-0.1, -0.05) is 30.9 Å². The fourth-order valence-electron chi connectivity index (χ4n) is 4.17. The van der Waals surface area contributed by atoms with E-state index in [1.807, 2.05) is 4.90 Å². The van der Waals surface area contributed by atoms with Crippen LogP contribution in [0.2, 0.25) is 5.02 Å². The van der Waals surface area contributed by atoms with E-state index in [1.165, 1.54) is 31.4 Å². The topological polar surface area (TPSA) is 85.8 Å². The van der Waals surface area contributed by atoms with Crippen molar-refractivity contribution in [1.82, 2.24) is 4.98 Å². The van der Waals surface area contributed by atoms with Crippen LogP contribution in [0.1, 0.15) is 42.5 Å². The lowest BCUT2D eigenvalue weighted by Crippen LogP contribution is -2.44. The fourth-order valence-corrected chi connectivity index (χ4v) is 6.16. The highest BCUT2D eigenvalue weighted by molar-refractivity contribution is 7.91. The first-order chi connectivity index (χ1) is 14.8. The third-order valence-electron chi connectivity index (χ3n) is 5.70. The Labute approximate surface area is 185 Å². The number of sulfone groups is 1. The van der Waals surface area contributed by atoms with E-state index in [9.17, 15) is 17.6 Å². The van der Waals surface area contributed by atoms with Crippen LogP contribution in [-0.2, 0) is 14.6 Å². The molecule has 7 nitrogen and oxygen atoms in total. The minimum Gasteiger partial charge on any atom is -0.465 e. The van der Waals surface area contributed by atoms with Crippen LogP contribution >= 0.6 is 11.6 Å². The van der Waals surface area contributed by atoms with E-state index in [0.29, 0.717) is 5.56 Å². The number of esters is 1. The minimum absolute atomic E-state index is 0.107. The summed E-state index contributed by atoms with van der Waals surface area (Å²) in [5.41, 5.74) is 0.528. The third kappa shape index (κ3) is 4.21. The van der Waals surface area contributed by atoms with Gasteiger partial charge in [0.1, 0.15) is 21.4 Å². The van der Waals surface area contributed by atoms with Gasteiger partial charge in [0.15, 0.2) is 9.84 Å². The summed E-state index contributed by atoms with van der Waals surface area (Å²) < 4.78 is 50.7. The summed E-state index contributed by atoms with van der Waals surface area (Å²) in [7, 11) is -2.52. The predicted octanol–water partition coefficient (Wildman–Crippen LogP) is 4.38. The third-order valence-corrected chi connectivity index (χ3v) is 7.90. The minimum atomic E-state index is -3.80. The first kappa shape index (κ1) is 21.8. The molecule has 2 heterocycles. The highest BCUT2D eigenvalue weighted by Crippen LogP contribution is 2.46. The molecule has 1 aliphatic carbocycles. The van der Waals surface area contributed by atoms with Gasteiger partial charge in [-0.05, 0) is 37.1 Å². The Balaban J connectivity index is 1.79. The molecule has 1 aromatic carbocycles.